The zero-order valence-corrected chi connectivity index (χ0v) is 7.84. The SMILES string of the molecule is CC.CCN1C2COCC1C2. The van der Waals surface area contributed by atoms with Crippen molar-refractivity contribution in [1.29, 1.82) is 0 Å². The molecule has 0 aromatic rings. The van der Waals surface area contributed by atoms with Crippen molar-refractivity contribution in [2.45, 2.75) is 39.3 Å². The van der Waals surface area contributed by atoms with Gasteiger partial charge in [-0.05, 0) is 13.0 Å². The van der Waals surface area contributed by atoms with Gasteiger partial charge in [0.15, 0.2) is 0 Å². The van der Waals surface area contributed by atoms with Crippen molar-refractivity contribution >= 4 is 0 Å². The fourth-order valence-corrected chi connectivity index (χ4v) is 1.93. The fraction of sp³-hybridized carbons (Fsp3) is 1.00. The molecule has 0 radical (unpaired) electrons. The Bertz CT molecular complexity index is 102. The van der Waals surface area contributed by atoms with Gasteiger partial charge in [0, 0.05) is 12.1 Å². The molecule has 0 aromatic heterocycles. The van der Waals surface area contributed by atoms with Gasteiger partial charge in [-0.25, -0.2) is 0 Å². The van der Waals surface area contributed by atoms with Gasteiger partial charge in [0.25, 0.3) is 0 Å². The van der Waals surface area contributed by atoms with Crippen molar-refractivity contribution in [3.63, 3.8) is 0 Å². The highest BCUT2D eigenvalue weighted by Gasteiger charge is 2.40. The zero-order chi connectivity index (χ0) is 8.27. The molecular formula is C9H19NO. The Hall–Kier alpha value is -0.0800. The third-order valence-corrected chi connectivity index (χ3v) is 2.47. The summed E-state index contributed by atoms with van der Waals surface area (Å²) in [7, 11) is 0. The summed E-state index contributed by atoms with van der Waals surface area (Å²) >= 11 is 0. The van der Waals surface area contributed by atoms with Gasteiger partial charge in [-0.3, -0.25) is 4.90 Å². The highest BCUT2D eigenvalue weighted by atomic mass is 16.5. The van der Waals surface area contributed by atoms with Crippen molar-refractivity contribution < 1.29 is 4.74 Å². The summed E-state index contributed by atoms with van der Waals surface area (Å²) in [5, 5.41) is 0. The van der Waals surface area contributed by atoms with Gasteiger partial charge in [-0.2, -0.15) is 0 Å². The van der Waals surface area contributed by atoms with Gasteiger partial charge in [0.1, 0.15) is 0 Å². The molecule has 0 N–H and O–H groups in total. The lowest BCUT2D eigenvalue weighted by Crippen LogP contribution is -2.63. The Morgan fingerprint density at radius 2 is 1.82 bits per heavy atom. The van der Waals surface area contributed by atoms with E-state index in [2.05, 4.69) is 11.8 Å². The maximum absolute atomic E-state index is 5.32. The maximum Gasteiger partial charge on any atom is 0.0623 e. The van der Waals surface area contributed by atoms with Crippen molar-refractivity contribution in [3.05, 3.63) is 0 Å². The molecule has 3 aliphatic heterocycles. The third kappa shape index (κ3) is 1.57. The Morgan fingerprint density at radius 1 is 1.27 bits per heavy atom. The Morgan fingerprint density at radius 3 is 2.09 bits per heavy atom. The van der Waals surface area contributed by atoms with Gasteiger partial charge < -0.3 is 4.74 Å². The number of ether oxygens (including phenoxy) is 1. The standard InChI is InChI=1S/C7H13NO.C2H6/c1-2-8-6-3-7(8)5-9-4-6;1-2/h6-7H,2-5H2,1H3;1-2H3. The van der Waals surface area contributed by atoms with Crippen LogP contribution in [0.4, 0.5) is 0 Å². The molecule has 2 unspecified atom stereocenters. The van der Waals surface area contributed by atoms with E-state index in [-0.39, 0.29) is 0 Å². The number of fused-ring (bicyclic) bond motifs is 2. The van der Waals surface area contributed by atoms with Crippen LogP contribution < -0.4 is 0 Å². The van der Waals surface area contributed by atoms with E-state index in [4.69, 9.17) is 4.74 Å². The molecule has 2 atom stereocenters. The van der Waals surface area contributed by atoms with Gasteiger partial charge >= 0.3 is 0 Å². The van der Waals surface area contributed by atoms with E-state index >= 15 is 0 Å². The molecular weight excluding hydrogens is 138 g/mol. The molecule has 3 rings (SSSR count). The van der Waals surface area contributed by atoms with Gasteiger partial charge in [0.2, 0.25) is 0 Å². The van der Waals surface area contributed by atoms with E-state index in [0.717, 1.165) is 25.3 Å². The van der Waals surface area contributed by atoms with Crippen LogP contribution in [0.5, 0.6) is 0 Å². The molecule has 0 aliphatic carbocycles. The minimum absolute atomic E-state index is 0.772. The maximum atomic E-state index is 5.32. The number of hydrogen-bond acceptors (Lipinski definition) is 2. The predicted molar refractivity (Wildman–Crippen MR) is 46.7 cm³/mol. The molecule has 66 valence electrons. The Balaban J connectivity index is 0.000000281. The number of likely N-dealkylation sites (N-methyl/N-ethyl adjacent to an activating group) is 1. The smallest absolute Gasteiger partial charge is 0.0623 e. The minimum Gasteiger partial charge on any atom is -0.378 e. The third-order valence-electron chi connectivity index (χ3n) is 2.47. The first-order valence-corrected chi connectivity index (χ1v) is 4.75. The molecule has 3 heterocycles. The van der Waals surface area contributed by atoms with Crippen LogP contribution in [0.3, 0.4) is 0 Å². The van der Waals surface area contributed by atoms with Crippen LogP contribution in [0, 0.1) is 0 Å². The Kier molecular flexibility index (Phi) is 3.34. The molecule has 2 bridgehead atoms. The largest absolute Gasteiger partial charge is 0.378 e. The van der Waals surface area contributed by atoms with E-state index < -0.39 is 0 Å². The van der Waals surface area contributed by atoms with Crippen LogP contribution in [-0.2, 0) is 4.74 Å². The highest BCUT2D eigenvalue weighted by molar-refractivity contribution is 4.94. The van der Waals surface area contributed by atoms with Gasteiger partial charge in [0.05, 0.1) is 13.2 Å². The van der Waals surface area contributed by atoms with Crippen LogP contribution in [0.25, 0.3) is 0 Å². The predicted octanol–water partition coefficient (Wildman–Crippen LogP) is 1.51. The van der Waals surface area contributed by atoms with Gasteiger partial charge in [-0.1, -0.05) is 20.8 Å². The van der Waals surface area contributed by atoms with E-state index in [1.165, 1.54) is 13.0 Å². The molecule has 3 saturated heterocycles. The zero-order valence-electron chi connectivity index (χ0n) is 7.84. The molecule has 11 heavy (non-hydrogen) atoms. The molecule has 0 aromatic carbocycles. The summed E-state index contributed by atoms with van der Waals surface area (Å²) in [6, 6.07) is 1.54. The molecule has 2 nitrogen and oxygen atoms in total. The summed E-state index contributed by atoms with van der Waals surface area (Å²) in [6.45, 7) is 9.39. The molecule has 2 heteroatoms. The number of morpholine rings is 1. The molecule has 0 spiro atoms. The number of rotatable bonds is 1. The van der Waals surface area contributed by atoms with Gasteiger partial charge in [-0.15, -0.1) is 0 Å². The average molecular weight is 157 g/mol. The monoisotopic (exact) mass is 157 g/mol. The quantitative estimate of drug-likeness (QED) is 0.572. The van der Waals surface area contributed by atoms with Crippen LogP contribution in [-0.4, -0.2) is 36.7 Å². The number of hydrogen-bond donors (Lipinski definition) is 0. The van der Waals surface area contributed by atoms with Crippen LogP contribution in [0.15, 0.2) is 0 Å². The summed E-state index contributed by atoms with van der Waals surface area (Å²) in [6.07, 6.45) is 1.38. The summed E-state index contributed by atoms with van der Waals surface area (Å²) in [4.78, 5) is 2.53. The summed E-state index contributed by atoms with van der Waals surface area (Å²) in [5.41, 5.74) is 0. The molecule has 3 aliphatic rings. The van der Waals surface area contributed by atoms with E-state index in [1.807, 2.05) is 13.8 Å². The van der Waals surface area contributed by atoms with Crippen LogP contribution >= 0.6 is 0 Å². The minimum atomic E-state index is 0.772. The van der Waals surface area contributed by atoms with E-state index in [1.54, 1.807) is 0 Å². The average Bonchev–Trinajstić information content (AvgIpc) is 2.10. The first kappa shape index (κ1) is 9.01. The lowest BCUT2D eigenvalue weighted by atomic mass is 9.92. The first-order chi connectivity index (χ1) is 5.42. The van der Waals surface area contributed by atoms with E-state index in [9.17, 15) is 0 Å². The van der Waals surface area contributed by atoms with Crippen molar-refractivity contribution in [3.8, 4) is 0 Å². The second-order valence-electron chi connectivity index (χ2n) is 2.91. The van der Waals surface area contributed by atoms with Crippen molar-refractivity contribution in [1.82, 2.24) is 4.90 Å². The summed E-state index contributed by atoms with van der Waals surface area (Å²) in [5.74, 6) is 0. The lowest BCUT2D eigenvalue weighted by Gasteiger charge is -2.52. The van der Waals surface area contributed by atoms with Crippen LogP contribution in [0.2, 0.25) is 0 Å². The normalized spacial score (nSPS) is 35.2. The molecule has 0 saturated carbocycles. The number of nitrogens with zero attached hydrogens (tertiary/aromatic N) is 1. The molecule has 0 amide bonds. The fourth-order valence-electron chi connectivity index (χ4n) is 1.93. The highest BCUT2D eigenvalue weighted by Crippen LogP contribution is 2.29. The first-order valence-electron chi connectivity index (χ1n) is 4.75. The lowest BCUT2D eigenvalue weighted by molar-refractivity contribution is -0.124. The second kappa shape index (κ2) is 4.07. The van der Waals surface area contributed by atoms with E-state index in [0.29, 0.717) is 0 Å². The second-order valence-corrected chi connectivity index (χ2v) is 2.91. The topological polar surface area (TPSA) is 12.5 Å². The van der Waals surface area contributed by atoms with Crippen LogP contribution in [0.1, 0.15) is 27.2 Å². The van der Waals surface area contributed by atoms with Crippen molar-refractivity contribution in [2.75, 3.05) is 19.8 Å². The Labute approximate surface area is 69.5 Å². The summed E-state index contributed by atoms with van der Waals surface area (Å²) < 4.78 is 5.32. The van der Waals surface area contributed by atoms with Crippen molar-refractivity contribution in [2.24, 2.45) is 0 Å². The molecule has 3 fully saturated rings.